The number of furan rings is 1. The molecule has 1 aromatic rings. The summed E-state index contributed by atoms with van der Waals surface area (Å²) in [6.07, 6.45) is 4.29. The van der Waals surface area contributed by atoms with Crippen LogP contribution in [0.2, 0.25) is 0 Å². The highest BCUT2D eigenvalue weighted by atomic mass is 16.3. The fraction of sp³-hybridized carbons (Fsp3) is 0.556. The summed E-state index contributed by atoms with van der Waals surface area (Å²) in [6.45, 7) is 2.99. The first-order chi connectivity index (χ1) is 5.86. The second kappa shape index (κ2) is 4.95. The fourth-order valence-electron chi connectivity index (χ4n) is 0.993. The second-order valence-electron chi connectivity index (χ2n) is 2.80. The third-order valence-corrected chi connectivity index (χ3v) is 1.89. The summed E-state index contributed by atoms with van der Waals surface area (Å²) in [6, 6.07) is 2.11. The van der Waals surface area contributed by atoms with Gasteiger partial charge in [-0.2, -0.15) is 0 Å². The van der Waals surface area contributed by atoms with Gasteiger partial charge in [0.25, 0.3) is 0 Å². The highest BCUT2D eigenvalue weighted by Crippen LogP contribution is 2.00. The fourth-order valence-corrected chi connectivity index (χ4v) is 0.993. The summed E-state index contributed by atoms with van der Waals surface area (Å²) in [5.41, 5.74) is 1.11. The van der Waals surface area contributed by atoms with Gasteiger partial charge < -0.3 is 14.8 Å². The van der Waals surface area contributed by atoms with E-state index in [1.165, 1.54) is 0 Å². The summed E-state index contributed by atoms with van der Waals surface area (Å²) in [5, 5.41) is 12.1. The molecule has 68 valence electrons. The van der Waals surface area contributed by atoms with Crippen molar-refractivity contribution in [1.82, 2.24) is 5.32 Å². The lowest BCUT2D eigenvalue weighted by Crippen LogP contribution is -2.30. The Morgan fingerprint density at radius 3 is 3.00 bits per heavy atom. The van der Waals surface area contributed by atoms with E-state index < -0.39 is 0 Å². The van der Waals surface area contributed by atoms with Crippen molar-refractivity contribution in [2.75, 3.05) is 6.61 Å². The van der Waals surface area contributed by atoms with Gasteiger partial charge in [0.2, 0.25) is 0 Å². The molecule has 2 N–H and O–H groups in total. The maximum Gasteiger partial charge on any atom is 0.0947 e. The predicted octanol–water partition coefficient (Wildman–Crippen LogP) is 1.14. The van der Waals surface area contributed by atoms with E-state index in [-0.39, 0.29) is 12.6 Å². The van der Waals surface area contributed by atoms with E-state index in [0.717, 1.165) is 18.5 Å². The average Bonchev–Trinajstić information content (AvgIpc) is 2.59. The van der Waals surface area contributed by atoms with Crippen LogP contribution in [0.3, 0.4) is 0 Å². The smallest absolute Gasteiger partial charge is 0.0947 e. The number of nitrogens with one attached hydrogen (secondary N) is 1. The van der Waals surface area contributed by atoms with Gasteiger partial charge in [0.15, 0.2) is 0 Å². The van der Waals surface area contributed by atoms with E-state index in [1.54, 1.807) is 12.5 Å². The predicted molar refractivity (Wildman–Crippen MR) is 46.7 cm³/mol. The molecule has 3 heteroatoms. The number of hydrogen-bond donors (Lipinski definition) is 2. The number of aliphatic hydroxyl groups is 1. The maximum absolute atomic E-state index is 8.87. The summed E-state index contributed by atoms with van der Waals surface area (Å²) in [7, 11) is 0. The van der Waals surface area contributed by atoms with E-state index >= 15 is 0 Å². The Labute approximate surface area is 72.4 Å². The first kappa shape index (κ1) is 9.29. The van der Waals surface area contributed by atoms with Crippen LogP contribution in [0.4, 0.5) is 0 Å². The monoisotopic (exact) mass is 169 g/mol. The lowest BCUT2D eigenvalue weighted by atomic mass is 10.2. The van der Waals surface area contributed by atoms with Gasteiger partial charge in [-0.25, -0.2) is 0 Å². The lowest BCUT2D eigenvalue weighted by Gasteiger charge is -2.12. The average molecular weight is 169 g/mol. The highest BCUT2D eigenvalue weighted by Gasteiger charge is 2.02. The summed E-state index contributed by atoms with van der Waals surface area (Å²) >= 11 is 0. The van der Waals surface area contributed by atoms with Crippen LogP contribution >= 0.6 is 0 Å². The van der Waals surface area contributed by atoms with Crippen molar-refractivity contribution in [3.63, 3.8) is 0 Å². The van der Waals surface area contributed by atoms with E-state index in [1.807, 2.05) is 13.0 Å². The van der Waals surface area contributed by atoms with Crippen molar-refractivity contribution >= 4 is 0 Å². The first-order valence-electron chi connectivity index (χ1n) is 4.22. The van der Waals surface area contributed by atoms with Gasteiger partial charge >= 0.3 is 0 Å². The van der Waals surface area contributed by atoms with Gasteiger partial charge in [0.1, 0.15) is 0 Å². The van der Waals surface area contributed by atoms with Crippen LogP contribution in [-0.2, 0) is 6.54 Å². The number of hydrogen-bond acceptors (Lipinski definition) is 3. The van der Waals surface area contributed by atoms with Gasteiger partial charge in [-0.3, -0.25) is 0 Å². The normalized spacial score (nSPS) is 13.2. The molecule has 0 spiro atoms. The summed E-state index contributed by atoms with van der Waals surface area (Å²) < 4.78 is 4.91. The van der Waals surface area contributed by atoms with Gasteiger partial charge in [-0.15, -0.1) is 0 Å². The van der Waals surface area contributed by atoms with Crippen molar-refractivity contribution in [2.45, 2.75) is 25.9 Å². The molecule has 12 heavy (non-hydrogen) atoms. The Balaban J connectivity index is 2.25. The third-order valence-electron chi connectivity index (χ3n) is 1.89. The lowest BCUT2D eigenvalue weighted by molar-refractivity contribution is 0.238. The molecule has 1 rings (SSSR count). The zero-order chi connectivity index (χ0) is 8.81. The van der Waals surface area contributed by atoms with Crippen molar-refractivity contribution in [3.05, 3.63) is 24.2 Å². The van der Waals surface area contributed by atoms with Gasteiger partial charge in [0, 0.05) is 18.2 Å². The van der Waals surface area contributed by atoms with E-state index in [0.29, 0.717) is 0 Å². The minimum absolute atomic E-state index is 0.189. The molecular weight excluding hydrogens is 154 g/mol. The Hall–Kier alpha value is -0.800. The minimum atomic E-state index is 0.189. The summed E-state index contributed by atoms with van der Waals surface area (Å²) in [4.78, 5) is 0. The molecule has 0 amide bonds. The van der Waals surface area contributed by atoms with Crippen LogP contribution in [0.5, 0.6) is 0 Å². The Morgan fingerprint density at radius 1 is 1.67 bits per heavy atom. The number of rotatable bonds is 5. The Morgan fingerprint density at radius 2 is 2.50 bits per heavy atom. The number of aliphatic hydroxyl groups excluding tert-OH is 1. The quantitative estimate of drug-likeness (QED) is 0.694. The van der Waals surface area contributed by atoms with Crippen LogP contribution in [0.15, 0.2) is 23.0 Å². The van der Waals surface area contributed by atoms with E-state index in [4.69, 9.17) is 9.52 Å². The Bertz CT molecular complexity index is 192. The molecule has 0 aromatic carbocycles. The van der Waals surface area contributed by atoms with Gasteiger partial charge in [0.05, 0.1) is 19.1 Å². The molecule has 3 nitrogen and oxygen atoms in total. The van der Waals surface area contributed by atoms with Crippen LogP contribution < -0.4 is 5.32 Å². The first-order valence-corrected chi connectivity index (χ1v) is 4.22. The zero-order valence-electron chi connectivity index (χ0n) is 7.29. The molecule has 0 aliphatic carbocycles. The third kappa shape index (κ3) is 2.68. The molecule has 0 radical (unpaired) electrons. The Kier molecular flexibility index (Phi) is 3.84. The zero-order valence-corrected chi connectivity index (χ0v) is 7.29. The van der Waals surface area contributed by atoms with Crippen molar-refractivity contribution in [2.24, 2.45) is 0 Å². The molecule has 0 aliphatic heterocycles. The molecule has 0 unspecified atom stereocenters. The van der Waals surface area contributed by atoms with Crippen LogP contribution in [0, 0.1) is 0 Å². The van der Waals surface area contributed by atoms with Crippen molar-refractivity contribution < 1.29 is 9.52 Å². The molecule has 0 fully saturated rings. The largest absolute Gasteiger partial charge is 0.472 e. The molecule has 1 aromatic heterocycles. The van der Waals surface area contributed by atoms with Crippen LogP contribution in [0.25, 0.3) is 0 Å². The van der Waals surface area contributed by atoms with Crippen LogP contribution in [0.1, 0.15) is 18.9 Å². The van der Waals surface area contributed by atoms with Gasteiger partial charge in [-0.1, -0.05) is 6.92 Å². The SMILES string of the molecule is CC[C@H](CO)NCc1ccoc1. The van der Waals surface area contributed by atoms with Gasteiger partial charge in [-0.05, 0) is 12.5 Å². The molecule has 0 bridgehead atoms. The molecule has 0 saturated heterocycles. The van der Waals surface area contributed by atoms with E-state index in [9.17, 15) is 0 Å². The van der Waals surface area contributed by atoms with E-state index in [2.05, 4.69) is 5.32 Å². The standard InChI is InChI=1S/C9H15NO2/c1-2-9(6-11)10-5-8-3-4-12-7-8/h3-4,7,9-11H,2,5-6H2,1H3/t9-/m1/s1. The molecule has 0 aliphatic rings. The highest BCUT2D eigenvalue weighted by molar-refractivity contribution is 5.04. The molecule has 1 heterocycles. The maximum atomic E-state index is 8.87. The molecular formula is C9H15NO2. The molecule has 1 atom stereocenters. The van der Waals surface area contributed by atoms with Crippen molar-refractivity contribution in [3.8, 4) is 0 Å². The summed E-state index contributed by atoms with van der Waals surface area (Å²) in [5.74, 6) is 0. The molecule has 0 saturated carbocycles. The minimum Gasteiger partial charge on any atom is -0.472 e. The van der Waals surface area contributed by atoms with Crippen LogP contribution in [-0.4, -0.2) is 17.8 Å². The topological polar surface area (TPSA) is 45.4 Å². The second-order valence-corrected chi connectivity index (χ2v) is 2.80. The van der Waals surface area contributed by atoms with Crippen molar-refractivity contribution in [1.29, 1.82) is 0 Å².